The fourth-order valence-electron chi connectivity index (χ4n) is 1.87. The van der Waals surface area contributed by atoms with Gasteiger partial charge in [0, 0.05) is 0 Å². The molecule has 2 fully saturated rings. The number of hydrogen-bond acceptors (Lipinski definition) is 5. The molecule has 2 saturated heterocycles. The Hall–Kier alpha value is -1.29. The van der Waals surface area contributed by atoms with Gasteiger partial charge in [0.05, 0.1) is 24.1 Å². The number of amides is 1. The largest absolute Gasteiger partial charge is 0.429 e. The van der Waals surface area contributed by atoms with E-state index in [1.807, 2.05) is 6.07 Å². The molecule has 2 atom stereocenters. The summed E-state index contributed by atoms with van der Waals surface area (Å²) in [7, 11) is -3.01. The van der Waals surface area contributed by atoms with E-state index >= 15 is 0 Å². The van der Waals surface area contributed by atoms with Crippen molar-refractivity contribution in [1.29, 1.82) is 5.26 Å². The Morgan fingerprint density at radius 1 is 1.53 bits per heavy atom. The van der Waals surface area contributed by atoms with Gasteiger partial charge >= 0.3 is 6.09 Å². The number of ether oxygens (including phenoxy) is 1. The lowest BCUT2D eigenvalue weighted by Crippen LogP contribution is -2.37. The SMILES string of the molecule is N#CC1CN(C2CCS(=O)(=O)C2)C(=O)O1. The van der Waals surface area contributed by atoms with Crippen LogP contribution in [-0.2, 0) is 14.6 Å². The molecule has 0 bridgehead atoms. The molecular formula is C8H10N2O4S. The van der Waals surface area contributed by atoms with Crippen molar-refractivity contribution in [2.45, 2.75) is 18.6 Å². The highest BCUT2D eigenvalue weighted by Crippen LogP contribution is 2.22. The molecule has 0 aromatic rings. The molecule has 2 aliphatic heterocycles. The highest BCUT2D eigenvalue weighted by Gasteiger charge is 2.41. The van der Waals surface area contributed by atoms with Crippen LogP contribution in [0.1, 0.15) is 6.42 Å². The van der Waals surface area contributed by atoms with E-state index in [1.165, 1.54) is 4.90 Å². The average Bonchev–Trinajstić information content (AvgIpc) is 2.69. The van der Waals surface area contributed by atoms with Gasteiger partial charge in [-0.05, 0) is 6.42 Å². The Morgan fingerprint density at radius 2 is 2.27 bits per heavy atom. The fraction of sp³-hybridized carbons (Fsp3) is 0.750. The van der Waals surface area contributed by atoms with Gasteiger partial charge in [0.2, 0.25) is 6.10 Å². The van der Waals surface area contributed by atoms with Crippen LogP contribution in [0.2, 0.25) is 0 Å². The summed E-state index contributed by atoms with van der Waals surface area (Å²) in [4.78, 5) is 12.6. The van der Waals surface area contributed by atoms with Crippen LogP contribution >= 0.6 is 0 Å². The lowest BCUT2D eigenvalue weighted by atomic mass is 10.2. The van der Waals surface area contributed by atoms with E-state index in [1.54, 1.807) is 0 Å². The second-order valence-corrected chi connectivity index (χ2v) is 5.94. The first kappa shape index (κ1) is 10.2. The predicted molar refractivity (Wildman–Crippen MR) is 49.6 cm³/mol. The number of cyclic esters (lactones) is 1. The van der Waals surface area contributed by atoms with Crippen molar-refractivity contribution in [2.75, 3.05) is 18.1 Å². The highest BCUT2D eigenvalue weighted by molar-refractivity contribution is 7.91. The topological polar surface area (TPSA) is 87.5 Å². The normalized spacial score (nSPS) is 33.8. The first-order valence-corrected chi connectivity index (χ1v) is 6.41. The second-order valence-electron chi connectivity index (χ2n) is 3.71. The van der Waals surface area contributed by atoms with Crippen LogP contribution in [0.25, 0.3) is 0 Å². The molecule has 0 aromatic carbocycles. The minimum absolute atomic E-state index is 0.0136. The fourth-order valence-corrected chi connectivity index (χ4v) is 3.60. The van der Waals surface area contributed by atoms with Crippen molar-refractivity contribution >= 4 is 15.9 Å². The summed E-state index contributed by atoms with van der Waals surface area (Å²) in [5.74, 6) is 0.0961. The maximum absolute atomic E-state index is 11.3. The predicted octanol–water partition coefficient (Wildman–Crippen LogP) is -0.482. The molecule has 1 amide bonds. The number of sulfone groups is 1. The third-order valence-electron chi connectivity index (χ3n) is 2.63. The molecule has 0 aliphatic carbocycles. The Kier molecular flexibility index (Phi) is 2.31. The summed E-state index contributed by atoms with van der Waals surface area (Å²) >= 11 is 0. The second kappa shape index (κ2) is 3.38. The van der Waals surface area contributed by atoms with Crippen molar-refractivity contribution in [3.63, 3.8) is 0 Å². The van der Waals surface area contributed by atoms with Crippen LogP contribution in [0.15, 0.2) is 0 Å². The molecule has 82 valence electrons. The molecule has 2 unspecified atom stereocenters. The molecule has 0 saturated carbocycles. The van der Waals surface area contributed by atoms with Crippen LogP contribution in [0, 0.1) is 11.3 Å². The van der Waals surface area contributed by atoms with E-state index in [4.69, 9.17) is 10.00 Å². The lowest BCUT2D eigenvalue weighted by molar-refractivity contribution is 0.141. The Labute approximate surface area is 87.3 Å². The van der Waals surface area contributed by atoms with Crippen molar-refractivity contribution in [1.82, 2.24) is 4.90 Å². The third kappa shape index (κ3) is 1.90. The van der Waals surface area contributed by atoms with Gasteiger partial charge in [0.1, 0.15) is 6.07 Å². The quantitative estimate of drug-likeness (QED) is 0.607. The Morgan fingerprint density at radius 3 is 2.73 bits per heavy atom. The van der Waals surface area contributed by atoms with Crippen LogP contribution in [0.3, 0.4) is 0 Å². The first-order valence-electron chi connectivity index (χ1n) is 4.59. The van der Waals surface area contributed by atoms with E-state index in [0.29, 0.717) is 6.42 Å². The zero-order chi connectivity index (χ0) is 11.1. The van der Waals surface area contributed by atoms with Gasteiger partial charge in [0.25, 0.3) is 0 Å². The molecule has 15 heavy (non-hydrogen) atoms. The van der Waals surface area contributed by atoms with Gasteiger partial charge in [-0.1, -0.05) is 0 Å². The number of hydrogen-bond donors (Lipinski definition) is 0. The van der Waals surface area contributed by atoms with Gasteiger partial charge in [-0.2, -0.15) is 5.26 Å². The number of nitriles is 1. The molecule has 0 spiro atoms. The maximum atomic E-state index is 11.3. The third-order valence-corrected chi connectivity index (χ3v) is 4.38. The van der Waals surface area contributed by atoms with Gasteiger partial charge in [-0.15, -0.1) is 0 Å². The molecule has 0 N–H and O–H groups in total. The summed E-state index contributed by atoms with van der Waals surface area (Å²) in [5.41, 5.74) is 0. The summed E-state index contributed by atoms with van der Waals surface area (Å²) in [6, 6.07) is 1.52. The summed E-state index contributed by atoms with van der Waals surface area (Å²) < 4.78 is 27.2. The van der Waals surface area contributed by atoms with Gasteiger partial charge in [-0.25, -0.2) is 13.2 Å². The zero-order valence-electron chi connectivity index (χ0n) is 7.92. The molecule has 0 radical (unpaired) electrons. The van der Waals surface area contributed by atoms with E-state index in [0.717, 1.165) is 0 Å². The molecule has 6 nitrogen and oxygen atoms in total. The minimum atomic E-state index is -3.01. The number of carbonyl (C=O) groups excluding carboxylic acids is 1. The number of nitrogens with zero attached hydrogens (tertiary/aromatic N) is 2. The smallest absolute Gasteiger partial charge is 0.411 e. The molecule has 2 rings (SSSR count). The van der Waals surface area contributed by atoms with Crippen LogP contribution in [-0.4, -0.2) is 49.6 Å². The van der Waals surface area contributed by atoms with Crippen molar-refractivity contribution in [3.8, 4) is 6.07 Å². The van der Waals surface area contributed by atoms with E-state index in [9.17, 15) is 13.2 Å². The molecule has 0 aromatic heterocycles. The summed E-state index contributed by atoms with van der Waals surface area (Å²) in [6.07, 6.45) is -0.903. The van der Waals surface area contributed by atoms with E-state index < -0.39 is 22.0 Å². The van der Waals surface area contributed by atoms with E-state index in [2.05, 4.69) is 0 Å². The minimum Gasteiger partial charge on any atom is -0.429 e. The molecule has 2 aliphatic rings. The van der Waals surface area contributed by atoms with Crippen LogP contribution in [0.4, 0.5) is 4.79 Å². The first-order chi connectivity index (χ1) is 7.02. The van der Waals surface area contributed by atoms with Gasteiger partial charge in [-0.3, -0.25) is 4.90 Å². The Balaban J connectivity index is 2.08. The lowest BCUT2D eigenvalue weighted by Gasteiger charge is -2.18. The number of rotatable bonds is 1. The standard InChI is InChI=1S/C8H10N2O4S/c9-3-7-4-10(8(11)14-7)6-1-2-15(12,13)5-6/h6-7H,1-2,4-5H2. The monoisotopic (exact) mass is 230 g/mol. The maximum Gasteiger partial charge on any atom is 0.411 e. The highest BCUT2D eigenvalue weighted by atomic mass is 32.2. The Bertz CT molecular complexity index is 424. The van der Waals surface area contributed by atoms with Crippen LogP contribution < -0.4 is 0 Å². The molecule has 7 heteroatoms. The summed E-state index contributed by atoms with van der Waals surface area (Å²) in [6.45, 7) is 0.176. The summed E-state index contributed by atoms with van der Waals surface area (Å²) in [5, 5.41) is 8.57. The van der Waals surface area contributed by atoms with Gasteiger partial charge < -0.3 is 4.74 Å². The average molecular weight is 230 g/mol. The molecular weight excluding hydrogens is 220 g/mol. The zero-order valence-corrected chi connectivity index (χ0v) is 8.74. The molecule has 2 heterocycles. The number of carbonyl (C=O) groups is 1. The van der Waals surface area contributed by atoms with E-state index in [-0.39, 0.29) is 24.1 Å². The van der Waals surface area contributed by atoms with Crippen molar-refractivity contribution in [3.05, 3.63) is 0 Å². The van der Waals surface area contributed by atoms with Crippen molar-refractivity contribution < 1.29 is 17.9 Å². The van der Waals surface area contributed by atoms with Gasteiger partial charge in [0.15, 0.2) is 9.84 Å². The van der Waals surface area contributed by atoms with Crippen molar-refractivity contribution in [2.24, 2.45) is 0 Å². The van der Waals surface area contributed by atoms with Crippen LogP contribution in [0.5, 0.6) is 0 Å².